The summed E-state index contributed by atoms with van der Waals surface area (Å²) in [6.45, 7) is 7.03. The summed E-state index contributed by atoms with van der Waals surface area (Å²) in [5.74, 6) is 0. The molecule has 1 heterocycles. The van der Waals surface area contributed by atoms with Crippen LogP contribution in [0.1, 0.15) is 37.8 Å². The molecule has 3 nitrogen and oxygen atoms in total. The van der Waals surface area contributed by atoms with E-state index in [-0.39, 0.29) is 5.56 Å². The Balaban J connectivity index is 2.52. The zero-order chi connectivity index (χ0) is 13.8. The van der Waals surface area contributed by atoms with Gasteiger partial charge in [0.05, 0.1) is 5.69 Å². The summed E-state index contributed by atoms with van der Waals surface area (Å²) in [5.41, 5.74) is 4.34. The van der Waals surface area contributed by atoms with Gasteiger partial charge in [-0.3, -0.25) is 14.6 Å². The maximum atomic E-state index is 12.3. The highest BCUT2D eigenvalue weighted by atomic mass is 16.1. The predicted octanol–water partition coefficient (Wildman–Crippen LogP) is 3.51. The van der Waals surface area contributed by atoms with Gasteiger partial charge in [0.15, 0.2) is 0 Å². The van der Waals surface area contributed by atoms with Crippen LogP contribution in [0.2, 0.25) is 0 Å². The standard InChI is InChI=1S/C16H22N2O/c1-4-6-11-18-16(19)13(5-2)15(17-18)14-10-8-7-9-12(14)3/h7-10,17H,4-6,11H2,1-3H3. The van der Waals surface area contributed by atoms with Gasteiger partial charge < -0.3 is 0 Å². The lowest BCUT2D eigenvalue weighted by molar-refractivity contribution is 0.557. The molecule has 0 aliphatic heterocycles. The van der Waals surface area contributed by atoms with Crippen molar-refractivity contribution < 1.29 is 0 Å². The first-order valence-electron chi connectivity index (χ1n) is 7.06. The summed E-state index contributed by atoms with van der Waals surface area (Å²) in [7, 11) is 0. The van der Waals surface area contributed by atoms with Crippen molar-refractivity contribution in [1.29, 1.82) is 0 Å². The first-order valence-corrected chi connectivity index (χ1v) is 7.06. The van der Waals surface area contributed by atoms with Gasteiger partial charge in [-0.1, -0.05) is 44.5 Å². The number of nitrogens with zero attached hydrogens (tertiary/aromatic N) is 1. The lowest BCUT2D eigenvalue weighted by Gasteiger charge is -2.05. The van der Waals surface area contributed by atoms with Gasteiger partial charge in [0.2, 0.25) is 0 Å². The molecule has 2 aromatic rings. The van der Waals surface area contributed by atoms with E-state index in [0.717, 1.165) is 42.6 Å². The maximum absolute atomic E-state index is 12.3. The normalized spacial score (nSPS) is 10.9. The molecule has 0 atom stereocenters. The Morgan fingerprint density at radius 1 is 1.21 bits per heavy atom. The number of aromatic nitrogens is 2. The van der Waals surface area contributed by atoms with E-state index >= 15 is 0 Å². The van der Waals surface area contributed by atoms with Gasteiger partial charge >= 0.3 is 0 Å². The van der Waals surface area contributed by atoms with Crippen molar-refractivity contribution in [2.24, 2.45) is 0 Å². The lowest BCUT2D eigenvalue weighted by Crippen LogP contribution is -2.18. The van der Waals surface area contributed by atoms with E-state index in [0.29, 0.717) is 0 Å². The van der Waals surface area contributed by atoms with Crippen LogP contribution in [-0.2, 0) is 13.0 Å². The highest BCUT2D eigenvalue weighted by Gasteiger charge is 2.14. The molecule has 3 heteroatoms. The summed E-state index contributed by atoms with van der Waals surface area (Å²) >= 11 is 0. The molecule has 102 valence electrons. The highest BCUT2D eigenvalue weighted by molar-refractivity contribution is 5.66. The number of aryl methyl sites for hydroxylation is 2. The Kier molecular flexibility index (Phi) is 4.25. The minimum Gasteiger partial charge on any atom is -0.295 e. The fourth-order valence-electron chi connectivity index (χ4n) is 2.40. The average Bonchev–Trinajstić information content (AvgIpc) is 2.73. The second-order valence-electron chi connectivity index (χ2n) is 4.94. The van der Waals surface area contributed by atoms with E-state index in [2.05, 4.69) is 31.1 Å². The molecule has 0 unspecified atom stereocenters. The van der Waals surface area contributed by atoms with Crippen molar-refractivity contribution in [3.05, 3.63) is 45.7 Å². The molecule has 0 spiro atoms. The van der Waals surface area contributed by atoms with Gasteiger partial charge in [0.25, 0.3) is 5.56 Å². The fraction of sp³-hybridized carbons (Fsp3) is 0.438. The molecule has 1 aromatic carbocycles. The molecule has 0 fully saturated rings. The van der Waals surface area contributed by atoms with Gasteiger partial charge in [-0.05, 0) is 25.3 Å². The van der Waals surface area contributed by atoms with Gasteiger partial charge in [-0.2, -0.15) is 0 Å². The third-order valence-corrected chi connectivity index (χ3v) is 3.56. The highest BCUT2D eigenvalue weighted by Crippen LogP contribution is 2.23. The Morgan fingerprint density at radius 2 is 1.95 bits per heavy atom. The van der Waals surface area contributed by atoms with Crippen molar-refractivity contribution in [3.63, 3.8) is 0 Å². The number of hydrogen-bond donors (Lipinski definition) is 1. The largest absolute Gasteiger partial charge is 0.295 e. The third kappa shape index (κ3) is 2.65. The summed E-state index contributed by atoms with van der Waals surface area (Å²) in [4.78, 5) is 12.3. The summed E-state index contributed by atoms with van der Waals surface area (Å²) in [6, 6.07) is 8.19. The van der Waals surface area contributed by atoms with Crippen molar-refractivity contribution in [2.75, 3.05) is 0 Å². The Hall–Kier alpha value is -1.77. The zero-order valence-corrected chi connectivity index (χ0v) is 12.0. The number of rotatable bonds is 5. The monoisotopic (exact) mass is 258 g/mol. The van der Waals surface area contributed by atoms with Crippen LogP contribution < -0.4 is 5.56 Å². The molecule has 2 rings (SSSR count). The first kappa shape index (κ1) is 13.7. The van der Waals surface area contributed by atoms with Crippen molar-refractivity contribution >= 4 is 0 Å². The van der Waals surface area contributed by atoms with Gasteiger partial charge in [0, 0.05) is 17.7 Å². The van der Waals surface area contributed by atoms with Crippen molar-refractivity contribution in [1.82, 2.24) is 9.78 Å². The number of benzene rings is 1. The Labute approximate surface area is 114 Å². The zero-order valence-electron chi connectivity index (χ0n) is 12.0. The summed E-state index contributed by atoms with van der Waals surface area (Å²) in [6.07, 6.45) is 2.88. The second-order valence-corrected chi connectivity index (χ2v) is 4.94. The minimum atomic E-state index is 0.134. The number of nitrogens with one attached hydrogen (secondary N) is 1. The molecule has 19 heavy (non-hydrogen) atoms. The number of unbranched alkanes of at least 4 members (excludes halogenated alkanes) is 1. The van der Waals surface area contributed by atoms with E-state index in [4.69, 9.17) is 0 Å². The van der Waals surface area contributed by atoms with E-state index in [1.165, 1.54) is 5.56 Å². The van der Waals surface area contributed by atoms with Crippen LogP contribution in [0.25, 0.3) is 11.3 Å². The van der Waals surface area contributed by atoms with E-state index in [1.807, 2.05) is 19.1 Å². The van der Waals surface area contributed by atoms with E-state index < -0.39 is 0 Å². The predicted molar refractivity (Wildman–Crippen MR) is 79.5 cm³/mol. The van der Waals surface area contributed by atoms with Gasteiger partial charge in [-0.15, -0.1) is 0 Å². The minimum absolute atomic E-state index is 0.134. The fourth-order valence-corrected chi connectivity index (χ4v) is 2.40. The number of H-pyrrole nitrogens is 1. The van der Waals surface area contributed by atoms with Crippen LogP contribution in [0, 0.1) is 6.92 Å². The molecule has 0 bridgehead atoms. The SMILES string of the molecule is CCCCn1[nH]c(-c2ccccc2C)c(CC)c1=O. The second kappa shape index (κ2) is 5.91. The molecular weight excluding hydrogens is 236 g/mol. The Bertz CT molecular complexity index is 607. The molecule has 1 N–H and O–H groups in total. The third-order valence-electron chi connectivity index (χ3n) is 3.56. The van der Waals surface area contributed by atoms with E-state index in [9.17, 15) is 4.79 Å². The molecule has 0 saturated heterocycles. The molecule has 0 amide bonds. The van der Waals surface area contributed by atoms with Gasteiger partial charge in [0.1, 0.15) is 0 Å². The molecule has 1 aromatic heterocycles. The molecule has 0 saturated carbocycles. The number of hydrogen-bond acceptors (Lipinski definition) is 1. The van der Waals surface area contributed by atoms with Crippen LogP contribution in [-0.4, -0.2) is 9.78 Å². The van der Waals surface area contributed by atoms with Crippen LogP contribution in [0.15, 0.2) is 29.1 Å². The average molecular weight is 258 g/mol. The first-order chi connectivity index (χ1) is 9.19. The Morgan fingerprint density at radius 3 is 2.58 bits per heavy atom. The van der Waals surface area contributed by atoms with Crippen molar-refractivity contribution in [3.8, 4) is 11.3 Å². The van der Waals surface area contributed by atoms with Gasteiger partial charge in [-0.25, -0.2) is 0 Å². The van der Waals surface area contributed by atoms with Crippen LogP contribution in [0.3, 0.4) is 0 Å². The molecule has 0 aliphatic carbocycles. The van der Waals surface area contributed by atoms with Crippen LogP contribution in [0.5, 0.6) is 0 Å². The van der Waals surface area contributed by atoms with Crippen LogP contribution >= 0.6 is 0 Å². The quantitative estimate of drug-likeness (QED) is 0.875. The van der Waals surface area contributed by atoms with Crippen molar-refractivity contribution in [2.45, 2.75) is 46.6 Å². The smallest absolute Gasteiger partial charge is 0.270 e. The number of aromatic amines is 1. The maximum Gasteiger partial charge on any atom is 0.270 e. The summed E-state index contributed by atoms with van der Waals surface area (Å²) in [5, 5.41) is 3.30. The topological polar surface area (TPSA) is 37.8 Å². The summed E-state index contributed by atoms with van der Waals surface area (Å²) < 4.78 is 1.75. The molecule has 0 aliphatic rings. The van der Waals surface area contributed by atoms with E-state index in [1.54, 1.807) is 4.68 Å². The lowest BCUT2D eigenvalue weighted by atomic mass is 10.0. The molecular formula is C16H22N2O. The molecule has 0 radical (unpaired) electrons. The van der Waals surface area contributed by atoms with Crippen LogP contribution in [0.4, 0.5) is 0 Å².